The van der Waals surface area contributed by atoms with Gasteiger partial charge in [-0.2, -0.15) is 0 Å². The molecule has 2 aromatic rings. The summed E-state index contributed by atoms with van der Waals surface area (Å²) in [6, 6.07) is 12.4. The summed E-state index contributed by atoms with van der Waals surface area (Å²) in [6.45, 7) is 0.579. The molecule has 0 saturated heterocycles. The monoisotopic (exact) mass is 320 g/mol. The molecule has 2 rings (SSSR count). The highest BCUT2D eigenvalue weighted by Gasteiger charge is 2.07. The van der Waals surface area contributed by atoms with Crippen LogP contribution in [-0.2, 0) is 4.74 Å². The molecule has 0 spiro atoms. The Morgan fingerprint density at radius 2 is 1.77 bits per heavy atom. The summed E-state index contributed by atoms with van der Waals surface area (Å²) >= 11 is 5.74. The van der Waals surface area contributed by atoms with Crippen LogP contribution in [0.2, 0.25) is 5.02 Å². The van der Waals surface area contributed by atoms with Gasteiger partial charge in [-0.1, -0.05) is 11.6 Å². The minimum atomic E-state index is -0.461. The van der Waals surface area contributed by atoms with Crippen molar-refractivity contribution in [1.82, 2.24) is 0 Å². The van der Waals surface area contributed by atoms with Gasteiger partial charge in [0.05, 0.1) is 10.5 Å². The van der Waals surface area contributed by atoms with Crippen LogP contribution in [0.5, 0.6) is 0 Å². The molecule has 22 heavy (non-hydrogen) atoms. The minimum Gasteiger partial charge on any atom is -0.460 e. The van der Waals surface area contributed by atoms with Crippen LogP contribution in [0.25, 0.3) is 0 Å². The van der Waals surface area contributed by atoms with E-state index >= 15 is 0 Å². The van der Waals surface area contributed by atoms with Crippen LogP contribution in [0.15, 0.2) is 48.5 Å². The van der Waals surface area contributed by atoms with E-state index in [-0.39, 0.29) is 12.3 Å². The van der Waals surface area contributed by atoms with Gasteiger partial charge in [-0.3, -0.25) is 10.1 Å². The molecule has 0 saturated carbocycles. The molecule has 114 valence electrons. The highest BCUT2D eigenvalue weighted by atomic mass is 35.5. The first-order chi connectivity index (χ1) is 10.6. The molecule has 0 aliphatic carbocycles. The summed E-state index contributed by atoms with van der Waals surface area (Å²) in [5, 5.41) is 14.1. The van der Waals surface area contributed by atoms with E-state index in [0.717, 1.165) is 0 Å². The molecule has 0 radical (unpaired) electrons. The predicted molar refractivity (Wildman–Crippen MR) is 83.3 cm³/mol. The van der Waals surface area contributed by atoms with Crippen LogP contribution in [0.1, 0.15) is 10.4 Å². The van der Waals surface area contributed by atoms with Crippen LogP contribution in [0, 0.1) is 10.1 Å². The Bertz CT molecular complexity index is 656. The topological polar surface area (TPSA) is 81.5 Å². The number of esters is 1. The summed E-state index contributed by atoms with van der Waals surface area (Å²) in [5.41, 5.74) is 1.17. The largest absolute Gasteiger partial charge is 0.460 e. The molecule has 0 heterocycles. The smallest absolute Gasteiger partial charge is 0.338 e. The third-order valence-electron chi connectivity index (χ3n) is 2.82. The Labute approximate surface area is 131 Å². The fourth-order valence-electron chi connectivity index (χ4n) is 1.71. The molecule has 0 aromatic heterocycles. The van der Waals surface area contributed by atoms with Crippen LogP contribution in [0.3, 0.4) is 0 Å². The number of nitro benzene ring substituents is 1. The number of hydrogen-bond acceptors (Lipinski definition) is 5. The third kappa shape index (κ3) is 4.46. The molecule has 6 nitrogen and oxygen atoms in total. The Morgan fingerprint density at radius 3 is 2.36 bits per heavy atom. The standard InChI is InChI=1S/C15H13ClN2O4/c16-12-3-1-11(2-4-12)15(19)22-10-9-17-13-5-7-14(8-6-13)18(20)21/h1-8,17H,9-10H2. The van der Waals surface area contributed by atoms with E-state index in [4.69, 9.17) is 16.3 Å². The average Bonchev–Trinajstić information content (AvgIpc) is 2.52. The number of non-ortho nitro benzene ring substituents is 1. The number of hydrogen-bond donors (Lipinski definition) is 1. The Balaban J connectivity index is 1.75. The maximum Gasteiger partial charge on any atom is 0.338 e. The van der Waals surface area contributed by atoms with Gasteiger partial charge >= 0.3 is 5.97 Å². The van der Waals surface area contributed by atoms with E-state index in [2.05, 4.69) is 5.32 Å². The molecule has 0 aliphatic heterocycles. The third-order valence-corrected chi connectivity index (χ3v) is 3.07. The summed E-state index contributed by atoms with van der Waals surface area (Å²) in [4.78, 5) is 21.8. The summed E-state index contributed by atoms with van der Waals surface area (Å²) < 4.78 is 5.10. The maximum atomic E-state index is 11.7. The van der Waals surface area contributed by atoms with Crippen LogP contribution in [0.4, 0.5) is 11.4 Å². The maximum absolute atomic E-state index is 11.7. The number of benzene rings is 2. The predicted octanol–water partition coefficient (Wildman–Crippen LogP) is 3.52. The molecule has 1 N–H and O–H groups in total. The van der Waals surface area contributed by atoms with Gasteiger partial charge in [0, 0.05) is 29.4 Å². The highest BCUT2D eigenvalue weighted by molar-refractivity contribution is 6.30. The van der Waals surface area contributed by atoms with Gasteiger partial charge in [-0.05, 0) is 36.4 Å². The number of nitro groups is 1. The van der Waals surface area contributed by atoms with Gasteiger partial charge in [-0.15, -0.1) is 0 Å². The number of nitrogens with one attached hydrogen (secondary N) is 1. The number of halogens is 1. The zero-order valence-electron chi connectivity index (χ0n) is 11.5. The lowest BCUT2D eigenvalue weighted by molar-refractivity contribution is -0.384. The Kier molecular flexibility index (Phi) is 5.32. The average molecular weight is 321 g/mol. The van der Waals surface area contributed by atoms with Gasteiger partial charge in [0.25, 0.3) is 5.69 Å². The molecule has 0 aliphatic rings. The molecule has 2 aromatic carbocycles. The van der Waals surface area contributed by atoms with Crippen LogP contribution in [-0.4, -0.2) is 24.0 Å². The molecule has 0 atom stereocenters. The SMILES string of the molecule is O=C(OCCNc1ccc([N+](=O)[O-])cc1)c1ccc(Cl)cc1. The number of ether oxygens (including phenoxy) is 1. The second kappa shape index (κ2) is 7.42. The van der Waals surface area contributed by atoms with Crippen molar-refractivity contribution >= 4 is 28.9 Å². The lowest BCUT2D eigenvalue weighted by Crippen LogP contribution is -2.13. The van der Waals surface area contributed by atoms with Gasteiger partial charge in [-0.25, -0.2) is 4.79 Å². The quantitative estimate of drug-likeness (QED) is 0.381. The Morgan fingerprint density at radius 1 is 1.14 bits per heavy atom. The number of rotatable bonds is 6. The first-order valence-electron chi connectivity index (χ1n) is 6.47. The normalized spacial score (nSPS) is 10.0. The molecular formula is C15H13ClN2O4. The van der Waals surface area contributed by atoms with E-state index < -0.39 is 10.9 Å². The molecule has 0 fully saturated rings. The van der Waals surface area contributed by atoms with E-state index in [1.807, 2.05) is 0 Å². The molecular weight excluding hydrogens is 308 g/mol. The zero-order valence-corrected chi connectivity index (χ0v) is 12.2. The van der Waals surface area contributed by atoms with Crippen LogP contribution >= 0.6 is 11.6 Å². The summed E-state index contributed by atoms with van der Waals surface area (Å²) in [6.07, 6.45) is 0. The lowest BCUT2D eigenvalue weighted by Gasteiger charge is -2.07. The van der Waals surface area contributed by atoms with Crippen molar-refractivity contribution in [2.24, 2.45) is 0 Å². The van der Waals surface area contributed by atoms with E-state index in [9.17, 15) is 14.9 Å². The van der Waals surface area contributed by atoms with Crippen molar-refractivity contribution in [2.45, 2.75) is 0 Å². The van der Waals surface area contributed by atoms with Crippen molar-refractivity contribution < 1.29 is 14.5 Å². The highest BCUT2D eigenvalue weighted by Crippen LogP contribution is 2.15. The fraction of sp³-hybridized carbons (Fsp3) is 0.133. The van der Waals surface area contributed by atoms with Gasteiger partial charge in [0.15, 0.2) is 0 Å². The first-order valence-corrected chi connectivity index (χ1v) is 6.85. The Hall–Kier alpha value is -2.60. The van der Waals surface area contributed by atoms with Crippen molar-refractivity contribution in [1.29, 1.82) is 0 Å². The molecule has 0 amide bonds. The van der Waals surface area contributed by atoms with E-state index in [1.54, 1.807) is 36.4 Å². The zero-order chi connectivity index (χ0) is 15.9. The van der Waals surface area contributed by atoms with Gasteiger partial charge < -0.3 is 10.1 Å². The number of nitrogens with zero attached hydrogens (tertiary/aromatic N) is 1. The summed E-state index contributed by atoms with van der Waals surface area (Å²) in [5.74, 6) is -0.429. The molecule has 7 heteroatoms. The fourth-order valence-corrected chi connectivity index (χ4v) is 1.84. The van der Waals surface area contributed by atoms with Gasteiger partial charge in [0.2, 0.25) is 0 Å². The second-order valence-electron chi connectivity index (χ2n) is 4.37. The lowest BCUT2D eigenvalue weighted by atomic mass is 10.2. The number of anilines is 1. The van der Waals surface area contributed by atoms with Gasteiger partial charge in [0.1, 0.15) is 6.61 Å². The van der Waals surface area contributed by atoms with Crippen molar-refractivity contribution in [3.8, 4) is 0 Å². The van der Waals surface area contributed by atoms with Crippen molar-refractivity contribution in [3.05, 3.63) is 69.2 Å². The molecule has 0 unspecified atom stereocenters. The van der Waals surface area contributed by atoms with Crippen molar-refractivity contribution in [3.63, 3.8) is 0 Å². The molecule has 0 bridgehead atoms. The number of carbonyl (C=O) groups is 1. The van der Waals surface area contributed by atoms with Crippen molar-refractivity contribution in [2.75, 3.05) is 18.5 Å². The second-order valence-corrected chi connectivity index (χ2v) is 4.81. The first kappa shape index (κ1) is 15.8. The van der Waals surface area contributed by atoms with E-state index in [0.29, 0.717) is 22.8 Å². The minimum absolute atomic E-state index is 0.0275. The van der Waals surface area contributed by atoms with E-state index in [1.165, 1.54) is 12.1 Å². The summed E-state index contributed by atoms with van der Waals surface area (Å²) in [7, 11) is 0. The number of carbonyl (C=O) groups excluding carboxylic acids is 1. The van der Waals surface area contributed by atoms with Crippen LogP contribution < -0.4 is 5.32 Å².